The first kappa shape index (κ1) is 16.4. The van der Waals surface area contributed by atoms with Gasteiger partial charge < -0.3 is 20.5 Å². The van der Waals surface area contributed by atoms with E-state index >= 15 is 0 Å². The highest BCUT2D eigenvalue weighted by atomic mass is 16.5. The molecule has 0 fully saturated rings. The van der Waals surface area contributed by atoms with Crippen molar-refractivity contribution in [1.82, 2.24) is 4.98 Å². The highest BCUT2D eigenvalue weighted by Crippen LogP contribution is 2.28. The number of nitrogens with two attached hydrogens (primary N) is 1. The van der Waals surface area contributed by atoms with Crippen molar-refractivity contribution in [2.45, 2.75) is 6.92 Å². The van der Waals surface area contributed by atoms with Crippen LogP contribution in [0.3, 0.4) is 0 Å². The summed E-state index contributed by atoms with van der Waals surface area (Å²) in [5.41, 5.74) is 6.90. The molecule has 6 nitrogen and oxygen atoms in total. The molecular weight excluding hydrogens is 294 g/mol. The van der Waals surface area contributed by atoms with Gasteiger partial charge in [0.25, 0.3) is 0 Å². The molecule has 0 bridgehead atoms. The van der Waals surface area contributed by atoms with Crippen molar-refractivity contribution < 1.29 is 14.3 Å². The SMILES string of the molecule is CCOc1ccc(/C=C/C(=O)Nc2ccc(N)nc2)cc1OC. The monoisotopic (exact) mass is 313 g/mol. The number of nitrogens with zero attached hydrogens (tertiary/aromatic N) is 1. The summed E-state index contributed by atoms with van der Waals surface area (Å²) in [4.78, 5) is 15.8. The van der Waals surface area contributed by atoms with Crippen molar-refractivity contribution in [3.63, 3.8) is 0 Å². The Morgan fingerprint density at radius 2 is 2.13 bits per heavy atom. The summed E-state index contributed by atoms with van der Waals surface area (Å²) in [6.45, 7) is 2.47. The number of carbonyl (C=O) groups is 1. The highest BCUT2D eigenvalue weighted by Gasteiger charge is 2.04. The molecule has 0 aliphatic carbocycles. The lowest BCUT2D eigenvalue weighted by atomic mass is 10.2. The molecule has 1 aromatic carbocycles. The number of methoxy groups -OCH3 is 1. The molecule has 120 valence electrons. The van der Waals surface area contributed by atoms with Crippen LogP contribution in [0, 0.1) is 0 Å². The van der Waals surface area contributed by atoms with E-state index in [1.807, 2.05) is 19.1 Å². The minimum Gasteiger partial charge on any atom is -0.493 e. The van der Waals surface area contributed by atoms with Gasteiger partial charge in [-0.15, -0.1) is 0 Å². The standard InChI is InChI=1S/C17H19N3O3/c1-3-23-14-7-4-12(10-15(14)22-2)5-9-17(21)20-13-6-8-16(18)19-11-13/h4-11H,3H2,1-2H3,(H2,18,19)(H,20,21)/b9-5+. The van der Waals surface area contributed by atoms with E-state index in [2.05, 4.69) is 10.3 Å². The zero-order valence-electron chi connectivity index (χ0n) is 13.1. The number of pyridine rings is 1. The maximum Gasteiger partial charge on any atom is 0.248 e. The topological polar surface area (TPSA) is 86.5 Å². The number of nitrogens with one attached hydrogen (secondary N) is 1. The molecule has 0 saturated heterocycles. The number of ether oxygens (including phenoxy) is 2. The van der Waals surface area contributed by atoms with Gasteiger partial charge in [0.05, 0.1) is 25.6 Å². The second-order valence-electron chi connectivity index (χ2n) is 4.64. The Bertz CT molecular complexity index is 697. The van der Waals surface area contributed by atoms with Crippen molar-refractivity contribution in [2.24, 2.45) is 0 Å². The number of carbonyl (C=O) groups excluding carboxylic acids is 1. The zero-order valence-corrected chi connectivity index (χ0v) is 13.1. The third-order valence-corrected chi connectivity index (χ3v) is 2.97. The van der Waals surface area contributed by atoms with Gasteiger partial charge in [0.1, 0.15) is 5.82 Å². The van der Waals surface area contributed by atoms with Gasteiger partial charge in [0.2, 0.25) is 5.91 Å². The Balaban J connectivity index is 2.04. The Labute approximate surface area is 134 Å². The predicted molar refractivity (Wildman–Crippen MR) is 90.5 cm³/mol. The average Bonchev–Trinajstić information content (AvgIpc) is 2.56. The molecule has 0 radical (unpaired) electrons. The predicted octanol–water partition coefficient (Wildman–Crippen LogP) is 2.72. The van der Waals surface area contributed by atoms with Gasteiger partial charge in [-0.3, -0.25) is 4.79 Å². The number of anilines is 2. The molecule has 1 aromatic heterocycles. The average molecular weight is 313 g/mol. The summed E-state index contributed by atoms with van der Waals surface area (Å²) < 4.78 is 10.7. The molecule has 3 N–H and O–H groups in total. The molecule has 2 rings (SSSR count). The second kappa shape index (κ2) is 7.84. The summed E-state index contributed by atoms with van der Waals surface area (Å²) in [6.07, 6.45) is 4.63. The smallest absolute Gasteiger partial charge is 0.248 e. The largest absolute Gasteiger partial charge is 0.493 e. The number of benzene rings is 1. The minimum absolute atomic E-state index is 0.260. The Morgan fingerprint density at radius 1 is 1.30 bits per heavy atom. The molecule has 0 aliphatic heterocycles. The number of nitrogen functional groups attached to an aromatic ring is 1. The molecule has 1 heterocycles. The molecule has 0 aliphatic rings. The molecule has 2 aromatic rings. The summed E-state index contributed by atoms with van der Waals surface area (Å²) in [7, 11) is 1.58. The first-order valence-electron chi connectivity index (χ1n) is 7.13. The van der Waals surface area contributed by atoms with E-state index in [0.717, 1.165) is 5.56 Å². The first-order chi connectivity index (χ1) is 11.1. The first-order valence-corrected chi connectivity index (χ1v) is 7.13. The summed E-state index contributed by atoms with van der Waals surface area (Å²) in [5, 5.41) is 2.70. The second-order valence-corrected chi connectivity index (χ2v) is 4.64. The number of hydrogen-bond donors (Lipinski definition) is 2. The van der Waals surface area contributed by atoms with E-state index in [9.17, 15) is 4.79 Å². The molecule has 0 unspecified atom stereocenters. The molecular formula is C17H19N3O3. The number of hydrogen-bond acceptors (Lipinski definition) is 5. The minimum atomic E-state index is -0.260. The maximum absolute atomic E-state index is 11.9. The van der Waals surface area contributed by atoms with E-state index in [-0.39, 0.29) is 5.91 Å². The van der Waals surface area contributed by atoms with Crippen molar-refractivity contribution in [1.29, 1.82) is 0 Å². The fourth-order valence-corrected chi connectivity index (χ4v) is 1.90. The van der Waals surface area contributed by atoms with Gasteiger partial charge in [-0.1, -0.05) is 6.07 Å². The maximum atomic E-state index is 11.9. The van der Waals surface area contributed by atoms with Crippen LogP contribution in [0.15, 0.2) is 42.6 Å². The molecule has 6 heteroatoms. The van der Waals surface area contributed by atoms with Crippen LogP contribution in [-0.4, -0.2) is 24.6 Å². The Hall–Kier alpha value is -3.02. The van der Waals surface area contributed by atoms with Gasteiger partial charge in [-0.2, -0.15) is 0 Å². The van der Waals surface area contributed by atoms with E-state index in [0.29, 0.717) is 29.6 Å². The Morgan fingerprint density at radius 3 is 2.78 bits per heavy atom. The van der Waals surface area contributed by atoms with Gasteiger partial charge in [0.15, 0.2) is 11.5 Å². The van der Waals surface area contributed by atoms with Crippen molar-refractivity contribution in [3.8, 4) is 11.5 Å². The Kier molecular flexibility index (Phi) is 5.57. The summed E-state index contributed by atoms with van der Waals surface area (Å²) in [6, 6.07) is 8.77. The van der Waals surface area contributed by atoms with E-state index in [4.69, 9.17) is 15.2 Å². The van der Waals surface area contributed by atoms with Gasteiger partial charge in [0, 0.05) is 6.08 Å². The van der Waals surface area contributed by atoms with Crippen LogP contribution in [0.4, 0.5) is 11.5 Å². The van der Waals surface area contributed by atoms with Crippen LogP contribution >= 0.6 is 0 Å². The van der Waals surface area contributed by atoms with Crippen LogP contribution in [-0.2, 0) is 4.79 Å². The van der Waals surface area contributed by atoms with Crippen LogP contribution < -0.4 is 20.5 Å². The van der Waals surface area contributed by atoms with Gasteiger partial charge in [-0.05, 0) is 42.8 Å². The van der Waals surface area contributed by atoms with Crippen LogP contribution in [0.5, 0.6) is 11.5 Å². The summed E-state index contributed by atoms with van der Waals surface area (Å²) in [5.74, 6) is 1.44. The van der Waals surface area contributed by atoms with Crippen molar-refractivity contribution >= 4 is 23.5 Å². The van der Waals surface area contributed by atoms with E-state index in [1.54, 1.807) is 31.4 Å². The molecule has 0 spiro atoms. The van der Waals surface area contributed by atoms with Crippen molar-refractivity contribution in [3.05, 3.63) is 48.2 Å². The molecule has 23 heavy (non-hydrogen) atoms. The van der Waals surface area contributed by atoms with E-state index in [1.165, 1.54) is 12.3 Å². The third kappa shape index (κ3) is 4.74. The van der Waals surface area contributed by atoms with E-state index < -0.39 is 0 Å². The number of amides is 1. The van der Waals surface area contributed by atoms with Crippen LogP contribution in [0.1, 0.15) is 12.5 Å². The lowest BCUT2D eigenvalue weighted by Crippen LogP contribution is -2.08. The van der Waals surface area contributed by atoms with Gasteiger partial charge in [-0.25, -0.2) is 4.98 Å². The molecule has 0 saturated carbocycles. The number of rotatable bonds is 6. The zero-order chi connectivity index (χ0) is 16.7. The lowest BCUT2D eigenvalue weighted by Gasteiger charge is -2.09. The summed E-state index contributed by atoms with van der Waals surface area (Å²) >= 11 is 0. The highest BCUT2D eigenvalue weighted by molar-refractivity contribution is 6.01. The fraction of sp³-hybridized carbons (Fsp3) is 0.176. The normalized spacial score (nSPS) is 10.5. The third-order valence-electron chi connectivity index (χ3n) is 2.97. The lowest BCUT2D eigenvalue weighted by molar-refractivity contribution is -0.111. The number of aromatic nitrogens is 1. The van der Waals surface area contributed by atoms with Crippen LogP contribution in [0.2, 0.25) is 0 Å². The molecule has 0 atom stereocenters. The quantitative estimate of drug-likeness (QED) is 0.801. The van der Waals surface area contributed by atoms with Gasteiger partial charge >= 0.3 is 0 Å². The molecule has 1 amide bonds. The fourth-order valence-electron chi connectivity index (χ4n) is 1.90. The van der Waals surface area contributed by atoms with Crippen LogP contribution in [0.25, 0.3) is 6.08 Å². The van der Waals surface area contributed by atoms with Crippen molar-refractivity contribution in [2.75, 3.05) is 24.8 Å².